The van der Waals surface area contributed by atoms with E-state index in [9.17, 15) is 5.11 Å². The summed E-state index contributed by atoms with van der Waals surface area (Å²) >= 11 is 0. The van der Waals surface area contributed by atoms with Crippen molar-refractivity contribution >= 4 is 0 Å². The zero-order valence-electron chi connectivity index (χ0n) is 13.1. The standard InChI is InChI=1S/C19H22O3/c1-13-6-5-9-16(19(13)20)14-10-11-17(21-2)18(12-14)22-15-7-3-4-8-15/h5-6,9-12,15,20H,3-4,7-8H2,1-2H3. The van der Waals surface area contributed by atoms with Gasteiger partial charge in [0.2, 0.25) is 0 Å². The molecule has 0 saturated heterocycles. The number of benzene rings is 2. The van der Waals surface area contributed by atoms with E-state index in [-0.39, 0.29) is 6.10 Å². The molecule has 22 heavy (non-hydrogen) atoms. The van der Waals surface area contributed by atoms with Crippen LogP contribution in [-0.2, 0) is 0 Å². The molecule has 2 aromatic carbocycles. The van der Waals surface area contributed by atoms with Crippen LogP contribution in [0.2, 0.25) is 0 Å². The number of aromatic hydroxyl groups is 1. The average molecular weight is 298 g/mol. The monoisotopic (exact) mass is 298 g/mol. The van der Waals surface area contributed by atoms with Crippen molar-refractivity contribution in [1.29, 1.82) is 0 Å². The molecule has 1 aliphatic carbocycles. The molecule has 1 saturated carbocycles. The van der Waals surface area contributed by atoms with Crippen LogP contribution in [0.5, 0.6) is 17.2 Å². The first-order valence-corrected chi connectivity index (χ1v) is 7.82. The Morgan fingerprint density at radius 3 is 2.55 bits per heavy atom. The lowest BCUT2D eigenvalue weighted by molar-refractivity contribution is 0.201. The highest BCUT2D eigenvalue weighted by molar-refractivity contribution is 5.73. The molecule has 116 valence electrons. The number of hydrogen-bond acceptors (Lipinski definition) is 3. The number of para-hydroxylation sites is 1. The summed E-state index contributed by atoms with van der Waals surface area (Å²) in [6, 6.07) is 11.6. The maximum atomic E-state index is 10.3. The molecule has 0 bridgehead atoms. The summed E-state index contributed by atoms with van der Waals surface area (Å²) in [6.07, 6.45) is 4.93. The maximum absolute atomic E-state index is 10.3. The average Bonchev–Trinajstić information content (AvgIpc) is 3.03. The molecule has 3 nitrogen and oxygen atoms in total. The Balaban J connectivity index is 1.97. The molecular formula is C19H22O3. The van der Waals surface area contributed by atoms with Crippen molar-refractivity contribution in [2.24, 2.45) is 0 Å². The van der Waals surface area contributed by atoms with Crippen molar-refractivity contribution in [2.45, 2.75) is 38.7 Å². The molecule has 0 aromatic heterocycles. The van der Waals surface area contributed by atoms with E-state index in [0.717, 1.165) is 41.0 Å². The first-order chi connectivity index (χ1) is 10.7. The SMILES string of the molecule is COc1ccc(-c2cccc(C)c2O)cc1OC1CCCC1. The Morgan fingerprint density at radius 1 is 1.05 bits per heavy atom. The second-order valence-corrected chi connectivity index (χ2v) is 5.86. The third kappa shape index (κ3) is 2.89. The van der Waals surface area contributed by atoms with Gasteiger partial charge in [-0.2, -0.15) is 0 Å². The maximum Gasteiger partial charge on any atom is 0.162 e. The number of methoxy groups -OCH3 is 1. The predicted molar refractivity (Wildman–Crippen MR) is 87.7 cm³/mol. The topological polar surface area (TPSA) is 38.7 Å². The van der Waals surface area contributed by atoms with Gasteiger partial charge in [-0.25, -0.2) is 0 Å². The van der Waals surface area contributed by atoms with Crippen LogP contribution < -0.4 is 9.47 Å². The Hall–Kier alpha value is -2.16. The largest absolute Gasteiger partial charge is 0.507 e. The van der Waals surface area contributed by atoms with Crippen LogP contribution in [-0.4, -0.2) is 18.3 Å². The van der Waals surface area contributed by atoms with Crippen LogP contribution in [0.3, 0.4) is 0 Å². The molecular weight excluding hydrogens is 276 g/mol. The highest BCUT2D eigenvalue weighted by Crippen LogP contribution is 2.38. The molecule has 0 unspecified atom stereocenters. The van der Waals surface area contributed by atoms with Crippen molar-refractivity contribution in [1.82, 2.24) is 0 Å². The van der Waals surface area contributed by atoms with Gasteiger partial charge >= 0.3 is 0 Å². The molecule has 0 atom stereocenters. The second-order valence-electron chi connectivity index (χ2n) is 5.86. The van der Waals surface area contributed by atoms with Gasteiger partial charge in [0, 0.05) is 5.56 Å². The summed E-state index contributed by atoms with van der Waals surface area (Å²) in [5.41, 5.74) is 2.63. The zero-order chi connectivity index (χ0) is 15.5. The lowest BCUT2D eigenvalue weighted by Crippen LogP contribution is -2.11. The molecule has 3 heteroatoms. The van der Waals surface area contributed by atoms with Crippen molar-refractivity contribution < 1.29 is 14.6 Å². The lowest BCUT2D eigenvalue weighted by atomic mass is 10.0. The minimum Gasteiger partial charge on any atom is -0.507 e. The van der Waals surface area contributed by atoms with Crippen LogP contribution in [0.1, 0.15) is 31.2 Å². The first-order valence-electron chi connectivity index (χ1n) is 7.82. The summed E-state index contributed by atoms with van der Waals surface area (Å²) < 4.78 is 11.5. The molecule has 1 fully saturated rings. The molecule has 0 spiro atoms. The molecule has 0 aliphatic heterocycles. The van der Waals surface area contributed by atoms with Crippen molar-refractivity contribution in [2.75, 3.05) is 7.11 Å². The summed E-state index contributed by atoms with van der Waals surface area (Å²) in [4.78, 5) is 0. The lowest BCUT2D eigenvalue weighted by Gasteiger charge is -2.17. The van der Waals surface area contributed by atoms with E-state index in [0.29, 0.717) is 5.75 Å². The minimum atomic E-state index is 0.273. The van der Waals surface area contributed by atoms with E-state index >= 15 is 0 Å². The van der Waals surface area contributed by atoms with E-state index in [2.05, 4.69) is 0 Å². The Bertz CT molecular complexity index is 658. The first kappa shape index (κ1) is 14.8. The number of hydrogen-bond donors (Lipinski definition) is 1. The van der Waals surface area contributed by atoms with Crippen LogP contribution in [0, 0.1) is 6.92 Å². The van der Waals surface area contributed by atoms with Gasteiger partial charge in [-0.15, -0.1) is 0 Å². The number of ether oxygens (including phenoxy) is 2. The fraction of sp³-hybridized carbons (Fsp3) is 0.368. The second kappa shape index (κ2) is 6.30. The normalized spacial score (nSPS) is 15.0. The van der Waals surface area contributed by atoms with Crippen LogP contribution in [0.25, 0.3) is 11.1 Å². The van der Waals surface area contributed by atoms with Gasteiger partial charge in [-0.05, 0) is 55.9 Å². The van der Waals surface area contributed by atoms with E-state index in [4.69, 9.17) is 9.47 Å². The molecule has 0 radical (unpaired) electrons. The van der Waals surface area contributed by atoms with Gasteiger partial charge in [-0.3, -0.25) is 0 Å². The van der Waals surface area contributed by atoms with Gasteiger partial charge in [0.1, 0.15) is 5.75 Å². The highest BCUT2D eigenvalue weighted by Gasteiger charge is 2.19. The van der Waals surface area contributed by atoms with Crippen molar-refractivity contribution in [3.05, 3.63) is 42.0 Å². The number of rotatable bonds is 4. The Morgan fingerprint density at radius 2 is 1.82 bits per heavy atom. The van der Waals surface area contributed by atoms with Crippen LogP contribution in [0.4, 0.5) is 0 Å². The molecule has 3 rings (SSSR count). The van der Waals surface area contributed by atoms with E-state index < -0.39 is 0 Å². The number of aryl methyl sites for hydroxylation is 1. The summed E-state index contributed by atoms with van der Waals surface area (Å²) in [5.74, 6) is 1.81. The fourth-order valence-electron chi connectivity index (χ4n) is 3.01. The molecule has 0 amide bonds. The molecule has 0 heterocycles. The molecule has 1 N–H and O–H groups in total. The molecule has 1 aliphatic rings. The smallest absolute Gasteiger partial charge is 0.162 e. The zero-order valence-corrected chi connectivity index (χ0v) is 13.1. The van der Waals surface area contributed by atoms with E-state index in [1.54, 1.807) is 7.11 Å². The fourth-order valence-corrected chi connectivity index (χ4v) is 3.01. The summed E-state index contributed by atoms with van der Waals surface area (Å²) in [6.45, 7) is 1.90. The number of phenols is 1. The quantitative estimate of drug-likeness (QED) is 0.889. The minimum absolute atomic E-state index is 0.273. The highest BCUT2D eigenvalue weighted by atomic mass is 16.5. The van der Waals surface area contributed by atoms with Gasteiger partial charge in [-0.1, -0.05) is 24.3 Å². The Kier molecular flexibility index (Phi) is 4.23. The predicted octanol–water partition coefficient (Wildman–Crippen LogP) is 4.70. The van der Waals surface area contributed by atoms with Gasteiger partial charge < -0.3 is 14.6 Å². The summed E-state index contributed by atoms with van der Waals surface area (Å²) in [7, 11) is 1.65. The third-order valence-electron chi connectivity index (χ3n) is 4.31. The van der Waals surface area contributed by atoms with Gasteiger partial charge in [0.15, 0.2) is 11.5 Å². The van der Waals surface area contributed by atoms with E-state index in [1.807, 2.05) is 43.3 Å². The van der Waals surface area contributed by atoms with Crippen LogP contribution in [0.15, 0.2) is 36.4 Å². The third-order valence-corrected chi connectivity index (χ3v) is 4.31. The molecule has 2 aromatic rings. The number of phenolic OH excluding ortho intramolecular Hbond substituents is 1. The van der Waals surface area contributed by atoms with Crippen LogP contribution >= 0.6 is 0 Å². The van der Waals surface area contributed by atoms with Crippen molar-refractivity contribution in [3.63, 3.8) is 0 Å². The van der Waals surface area contributed by atoms with Gasteiger partial charge in [0.25, 0.3) is 0 Å². The van der Waals surface area contributed by atoms with Gasteiger partial charge in [0.05, 0.1) is 13.2 Å². The Labute approximate surface area is 131 Å². The van der Waals surface area contributed by atoms with E-state index in [1.165, 1.54) is 12.8 Å². The summed E-state index contributed by atoms with van der Waals surface area (Å²) in [5, 5.41) is 10.3. The van der Waals surface area contributed by atoms with Crippen molar-refractivity contribution in [3.8, 4) is 28.4 Å².